The van der Waals surface area contributed by atoms with E-state index in [0.29, 0.717) is 16.4 Å². The van der Waals surface area contributed by atoms with Crippen LogP contribution >= 0.6 is 11.6 Å². The highest BCUT2D eigenvalue weighted by atomic mass is 35.5. The Labute approximate surface area is 109 Å². The molecule has 0 saturated carbocycles. The summed E-state index contributed by atoms with van der Waals surface area (Å²) >= 11 is 6.16. The largest absolute Gasteiger partial charge is 0.382 e. The molecule has 88 valence electrons. The van der Waals surface area contributed by atoms with E-state index >= 15 is 0 Å². The van der Waals surface area contributed by atoms with Gasteiger partial charge >= 0.3 is 0 Å². The van der Waals surface area contributed by atoms with Crippen LogP contribution < -0.4 is 5.73 Å². The van der Waals surface area contributed by atoms with Gasteiger partial charge in [0, 0.05) is 22.2 Å². The van der Waals surface area contributed by atoms with Crippen LogP contribution in [0.3, 0.4) is 0 Å². The summed E-state index contributed by atoms with van der Waals surface area (Å²) in [6.45, 7) is 0. The predicted octanol–water partition coefficient (Wildman–Crippen LogP) is 3.53. The van der Waals surface area contributed by atoms with Crippen molar-refractivity contribution in [3.05, 3.63) is 53.7 Å². The molecule has 0 aliphatic heterocycles. The number of nitrogen functional groups attached to an aromatic ring is 1. The fraction of sp³-hybridized carbons (Fsp3) is 0. The Hall–Kier alpha value is -2.13. The van der Waals surface area contributed by atoms with E-state index in [2.05, 4.69) is 9.97 Å². The Morgan fingerprint density at radius 3 is 2.67 bits per heavy atom. The first kappa shape index (κ1) is 11.0. The molecule has 3 rings (SSSR count). The van der Waals surface area contributed by atoms with E-state index in [9.17, 15) is 0 Å². The molecular formula is C14H10ClN3. The Kier molecular flexibility index (Phi) is 2.61. The first-order chi connectivity index (χ1) is 8.75. The number of halogens is 1. The summed E-state index contributed by atoms with van der Waals surface area (Å²) in [6.07, 6.45) is 1.68. The van der Waals surface area contributed by atoms with Crippen LogP contribution in [0, 0.1) is 0 Å². The Bertz CT molecular complexity index is 725. The average molecular weight is 256 g/mol. The molecule has 0 atom stereocenters. The van der Waals surface area contributed by atoms with Gasteiger partial charge in [-0.1, -0.05) is 35.9 Å². The minimum Gasteiger partial charge on any atom is -0.382 e. The Morgan fingerprint density at radius 1 is 1.00 bits per heavy atom. The lowest BCUT2D eigenvalue weighted by molar-refractivity contribution is 1.32. The topological polar surface area (TPSA) is 51.8 Å². The number of anilines is 1. The van der Waals surface area contributed by atoms with Crippen LogP contribution in [0.2, 0.25) is 5.02 Å². The van der Waals surface area contributed by atoms with Gasteiger partial charge in [0.1, 0.15) is 11.3 Å². The van der Waals surface area contributed by atoms with E-state index in [4.69, 9.17) is 17.3 Å². The molecule has 2 aromatic heterocycles. The minimum atomic E-state index is 0.432. The van der Waals surface area contributed by atoms with Crippen molar-refractivity contribution >= 4 is 28.3 Å². The molecule has 4 heteroatoms. The van der Waals surface area contributed by atoms with Gasteiger partial charge in [0.05, 0.1) is 5.69 Å². The smallest absolute Gasteiger partial charge is 0.149 e. The lowest BCUT2D eigenvalue weighted by Gasteiger charge is -2.06. The molecule has 0 bridgehead atoms. The van der Waals surface area contributed by atoms with Gasteiger partial charge in [0.15, 0.2) is 0 Å². The molecule has 0 radical (unpaired) electrons. The molecule has 0 aliphatic rings. The van der Waals surface area contributed by atoms with E-state index in [1.165, 1.54) is 0 Å². The highest BCUT2D eigenvalue weighted by molar-refractivity contribution is 6.33. The number of rotatable bonds is 1. The third-order valence-corrected chi connectivity index (χ3v) is 3.12. The summed E-state index contributed by atoms with van der Waals surface area (Å²) in [5.74, 6) is 0.432. The summed E-state index contributed by atoms with van der Waals surface area (Å²) in [5.41, 5.74) is 8.23. The van der Waals surface area contributed by atoms with Crippen molar-refractivity contribution in [3.8, 4) is 11.3 Å². The number of nitrogens with zero attached hydrogens (tertiary/aromatic N) is 2. The van der Waals surface area contributed by atoms with Crippen molar-refractivity contribution in [2.45, 2.75) is 0 Å². The van der Waals surface area contributed by atoms with Crippen molar-refractivity contribution in [1.29, 1.82) is 0 Å². The second-order valence-electron chi connectivity index (χ2n) is 3.94. The number of hydrogen-bond acceptors (Lipinski definition) is 3. The Morgan fingerprint density at radius 2 is 1.83 bits per heavy atom. The number of aromatic nitrogens is 2. The lowest BCUT2D eigenvalue weighted by atomic mass is 10.1. The van der Waals surface area contributed by atoms with Gasteiger partial charge in [0.25, 0.3) is 0 Å². The first-order valence-corrected chi connectivity index (χ1v) is 5.89. The third-order valence-electron chi connectivity index (χ3n) is 2.79. The van der Waals surface area contributed by atoms with Gasteiger partial charge in [-0.15, -0.1) is 0 Å². The van der Waals surface area contributed by atoms with Crippen molar-refractivity contribution in [3.63, 3.8) is 0 Å². The van der Waals surface area contributed by atoms with E-state index in [1.54, 1.807) is 6.20 Å². The maximum Gasteiger partial charge on any atom is 0.149 e. The number of fused-ring (bicyclic) bond motifs is 1. The lowest BCUT2D eigenvalue weighted by Crippen LogP contribution is -1.94. The molecule has 3 nitrogen and oxygen atoms in total. The SMILES string of the molecule is Nc1nccc2ccc(-c3ccccc3Cl)nc12. The molecule has 18 heavy (non-hydrogen) atoms. The zero-order valence-electron chi connectivity index (χ0n) is 9.47. The molecule has 3 aromatic rings. The summed E-state index contributed by atoms with van der Waals surface area (Å²) < 4.78 is 0. The van der Waals surface area contributed by atoms with Crippen molar-refractivity contribution in [2.75, 3.05) is 5.73 Å². The van der Waals surface area contributed by atoms with Crippen molar-refractivity contribution < 1.29 is 0 Å². The average Bonchev–Trinajstić information content (AvgIpc) is 2.40. The zero-order chi connectivity index (χ0) is 12.5. The second-order valence-corrected chi connectivity index (χ2v) is 4.35. The number of nitrogens with two attached hydrogens (primary N) is 1. The van der Waals surface area contributed by atoms with Crippen LogP contribution in [-0.4, -0.2) is 9.97 Å². The highest BCUT2D eigenvalue weighted by Gasteiger charge is 2.06. The van der Waals surface area contributed by atoms with Crippen LogP contribution in [0.5, 0.6) is 0 Å². The summed E-state index contributed by atoms with van der Waals surface area (Å²) in [5, 5.41) is 1.64. The molecule has 0 fully saturated rings. The van der Waals surface area contributed by atoms with Crippen LogP contribution in [0.1, 0.15) is 0 Å². The number of pyridine rings is 2. The maximum atomic E-state index is 6.16. The van der Waals surface area contributed by atoms with Crippen LogP contribution in [0.25, 0.3) is 22.2 Å². The van der Waals surface area contributed by atoms with E-state index in [-0.39, 0.29) is 0 Å². The highest BCUT2D eigenvalue weighted by Crippen LogP contribution is 2.28. The predicted molar refractivity (Wildman–Crippen MR) is 74.4 cm³/mol. The van der Waals surface area contributed by atoms with E-state index in [0.717, 1.165) is 16.6 Å². The first-order valence-electron chi connectivity index (χ1n) is 5.52. The molecule has 1 aromatic carbocycles. The third kappa shape index (κ3) is 1.79. The normalized spacial score (nSPS) is 10.7. The van der Waals surface area contributed by atoms with Gasteiger partial charge < -0.3 is 5.73 Å². The maximum absolute atomic E-state index is 6.16. The number of hydrogen-bond donors (Lipinski definition) is 1. The van der Waals surface area contributed by atoms with Crippen LogP contribution in [0.4, 0.5) is 5.82 Å². The van der Waals surface area contributed by atoms with Crippen LogP contribution in [-0.2, 0) is 0 Å². The zero-order valence-corrected chi connectivity index (χ0v) is 10.2. The molecule has 0 unspecified atom stereocenters. The van der Waals surface area contributed by atoms with Crippen LogP contribution in [0.15, 0.2) is 48.7 Å². The monoisotopic (exact) mass is 255 g/mol. The molecule has 2 N–H and O–H groups in total. The van der Waals surface area contributed by atoms with E-state index < -0.39 is 0 Å². The molecule has 2 heterocycles. The molecule has 0 amide bonds. The summed E-state index contributed by atoms with van der Waals surface area (Å²) in [6, 6.07) is 13.4. The van der Waals surface area contributed by atoms with E-state index in [1.807, 2.05) is 42.5 Å². The molecule has 0 spiro atoms. The fourth-order valence-electron chi connectivity index (χ4n) is 1.89. The number of benzene rings is 1. The quantitative estimate of drug-likeness (QED) is 0.724. The van der Waals surface area contributed by atoms with Gasteiger partial charge in [0.2, 0.25) is 0 Å². The summed E-state index contributed by atoms with van der Waals surface area (Å²) in [7, 11) is 0. The van der Waals surface area contributed by atoms with Gasteiger partial charge in [-0.25, -0.2) is 9.97 Å². The fourth-order valence-corrected chi connectivity index (χ4v) is 2.12. The minimum absolute atomic E-state index is 0.432. The van der Waals surface area contributed by atoms with Gasteiger partial charge in [-0.05, 0) is 18.2 Å². The molecule has 0 aliphatic carbocycles. The molecule has 0 saturated heterocycles. The van der Waals surface area contributed by atoms with Gasteiger partial charge in [-0.2, -0.15) is 0 Å². The van der Waals surface area contributed by atoms with Crippen molar-refractivity contribution in [2.24, 2.45) is 0 Å². The van der Waals surface area contributed by atoms with Crippen molar-refractivity contribution in [1.82, 2.24) is 9.97 Å². The molecular weight excluding hydrogens is 246 g/mol. The second kappa shape index (κ2) is 4.27. The Balaban J connectivity index is 2.26. The standard InChI is InChI=1S/C14H10ClN3/c15-11-4-2-1-3-10(11)12-6-5-9-7-8-17-14(16)13(9)18-12/h1-8H,(H2,16,17). The van der Waals surface area contributed by atoms with Gasteiger partial charge in [-0.3, -0.25) is 0 Å². The summed E-state index contributed by atoms with van der Waals surface area (Å²) in [4.78, 5) is 8.58.